The number of hydrogen-bond acceptors (Lipinski definition) is 3. The van der Waals surface area contributed by atoms with Gasteiger partial charge in [0.25, 0.3) is 0 Å². The molecule has 1 saturated heterocycles. The van der Waals surface area contributed by atoms with E-state index in [1.54, 1.807) is 4.90 Å². The summed E-state index contributed by atoms with van der Waals surface area (Å²) in [6, 6.07) is -0.330. The van der Waals surface area contributed by atoms with Gasteiger partial charge in [-0.05, 0) is 25.2 Å². The number of aliphatic hydroxyl groups is 1. The van der Waals surface area contributed by atoms with Crippen molar-refractivity contribution in [2.45, 2.75) is 37.8 Å². The minimum atomic E-state index is -0.335. The average Bonchev–Trinajstić information content (AvgIpc) is 2.33. The molecule has 14 heavy (non-hydrogen) atoms. The molecule has 0 bridgehead atoms. The standard InChI is InChI=1S/C10H18N2O2/c11-8-4-5-12(10(8)14)6-9(13)7-2-1-3-7/h7-9,13H,1-6,11H2. The van der Waals surface area contributed by atoms with Crippen LogP contribution in [-0.2, 0) is 4.79 Å². The summed E-state index contributed by atoms with van der Waals surface area (Å²) in [5.74, 6) is 0.419. The largest absolute Gasteiger partial charge is 0.391 e. The first-order valence-electron chi connectivity index (χ1n) is 5.41. The van der Waals surface area contributed by atoms with Crippen molar-refractivity contribution >= 4 is 5.91 Å². The third kappa shape index (κ3) is 1.77. The van der Waals surface area contributed by atoms with Crippen LogP contribution in [0.25, 0.3) is 0 Å². The summed E-state index contributed by atoms with van der Waals surface area (Å²) in [6.07, 6.45) is 3.83. The van der Waals surface area contributed by atoms with Gasteiger partial charge in [-0.1, -0.05) is 6.42 Å². The summed E-state index contributed by atoms with van der Waals surface area (Å²) in [5, 5.41) is 9.80. The maximum atomic E-state index is 11.5. The monoisotopic (exact) mass is 198 g/mol. The lowest BCUT2D eigenvalue weighted by atomic mass is 9.81. The molecule has 1 amide bonds. The van der Waals surface area contributed by atoms with Crippen molar-refractivity contribution in [1.82, 2.24) is 4.90 Å². The molecule has 2 atom stereocenters. The second kappa shape index (κ2) is 3.87. The third-order valence-corrected chi connectivity index (χ3v) is 3.44. The molecule has 80 valence electrons. The van der Waals surface area contributed by atoms with Crippen LogP contribution in [0, 0.1) is 5.92 Å². The molecule has 1 saturated carbocycles. The normalized spacial score (nSPS) is 30.6. The first kappa shape index (κ1) is 9.93. The van der Waals surface area contributed by atoms with Crippen LogP contribution in [-0.4, -0.2) is 41.1 Å². The summed E-state index contributed by atoms with van der Waals surface area (Å²) in [4.78, 5) is 13.2. The number of amides is 1. The number of rotatable bonds is 3. The molecular weight excluding hydrogens is 180 g/mol. The maximum Gasteiger partial charge on any atom is 0.239 e. The molecule has 1 heterocycles. The molecule has 1 aliphatic heterocycles. The fourth-order valence-electron chi connectivity index (χ4n) is 2.14. The van der Waals surface area contributed by atoms with E-state index in [9.17, 15) is 9.90 Å². The van der Waals surface area contributed by atoms with Crippen molar-refractivity contribution in [1.29, 1.82) is 0 Å². The minimum absolute atomic E-state index is 0.00312. The van der Waals surface area contributed by atoms with Crippen molar-refractivity contribution in [2.24, 2.45) is 11.7 Å². The highest BCUT2D eigenvalue weighted by molar-refractivity contribution is 5.83. The molecule has 2 fully saturated rings. The second-order valence-electron chi connectivity index (χ2n) is 4.44. The number of likely N-dealkylation sites (tertiary alicyclic amines) is 1. The van der Waals surface area contributed by atoms with Gasteiger partial charge < -0.3 is 15.7 Å². The Morgan fingerprint density at radius 1 is 1.50 bits per heavy atom. The Morgan fingerprint density at radius 2 is 2.21 bits per heavy atom. The number of carbonyl (C=O) groups is 1. The Bertz CT molecular complexity index is 228. The molecule has 4 nitrogen and oxygen atoms in total. The van der Waals surface area contributed by atoms with Crippen LogP contribution < -0.4 is 5.73 Å². The van der Waals surface area contributed by atoms with Crippen LogP contribution >= 0.6 is 0 Å². The van der Waals surface area contributed by atoms with E-state index < -0.39 is 0 Å². The molecule has 0 aromatic carbocycles. The highest BCUT2D eigenvalue weighted by Crippen LogP contribution is 2.30. The van der Waals surface area contributed by atoms with Gasteiger partial charge in [0.05, 0.1) is 12.1 Å². The Kier molecular flexibility index (Phi) is 2.74. The van der Waals surface area contributed by atoms with Crippen molar-refractivity contribution < 1.29 is 9.90 Å². The Balaban J connectivity index is 1.82. The second-order valence-corrected chi connectivity index (χ2v) is 4.44. The summed E-state index contributed by atoms with van der Waals surface area (Å²) >= 11 is 0. The highest BCUT2D eigenvalue weighted by Gasteiger charge is 2.33. The van der Waals surface area contributed by atoms with E-state index in [4.69, 9.17) is 5.73 Å². The predicted molar refractivity (Wildman–Crippen MR) is 52.5 cm³/mol. The van der Waals surface area contributed by atoms with E-state index in [1.165, 1.54) is 6.42 Å². The van der Waals surface area contributed by atoms with Gasteiger partial charge in [0, 0.05) is 13.1 Å². The number of nitrogens with zero attached hydrogens (tertiary/aromatic N) is 1. The van der Waals surface area contributed by atoms with Gasteiger partial charge in [-0.15, -0.1) is 0 Å². The van der Waals surface area contributed by atoms with Crippen LogP contribution in [0.15, 0.2) is 0 Å². The first-order valence-corrected chi connectivity index (χ1v) is 5.41. The summed E-state index contributed by atoms with van der Waals surface area (Å²) < 4.78 is 0. The molecule has 0 aromatic heterocycles. The number of hydrogen-bond donors (Lipinski definition) is 2. The zero-order chi connectivity index (χ0) is 10.1. The molecule has 1 aliphatic carbocycles. The van der Waals surface area contributed by atoms with E-state index in [0.29, 0.717) is 19.0 Å². The topological polar surface area (TPSA) is 66.6 Å². The molecular formula is C10H18N2O2. The summed E-state index contributed by atoms with van der Waals surface area (Å²) in [5.41, 5.74) is 5.59. The molecule has 0 spiro atoms. The number of β-amino-alcohol motifs (C(OH)–C–C–N with tert-alkyl or cyclic N) is 1. The van der Waals surface area contributed by atoms with Gasteiger partial charge in [-0.3, -0.25) is 4.79 Å². The summed E-state index contributed by atoms with van der Waals surface area (Å²) in [6.45, 7) is 1.20. The lowest BCUT2D eigenvalue weighted by Gasteiger charge is -2.32. The van der Waals surface area contributed by atoms with E-state index >= 15 is 0 Å². The fourth-order valence-corrected chi connectivity index (χ4v) is 2.14. The van der Waals surface area contributed by atoms with Gasteiger partial charge >= 0.3 is 0 Å². The fraction of sp³-hybridized carbons (Fsp3) is 0.900. The Labute approximate surface area is 84.1 Å². The maximum absolute atomic E-state index is 11.5. The average molecular weight is 198 g/mol. The zero-order valence-corrected chi connectivity index (χ0v) is 8.35. The Hall–Kier alpha value is -0.610. The zero-order valence-electron chi connectivity index (χ0n) is 8.35. The van der Waals surface area contributed by atoms with Crippen molar-refractivity contribution in [3.63, 3.8) is 0 Å². The molecule has 2 unspecified atom stereocenters. The molecule has 0 radical (unpaired) electrons. The Morgan fingerprint density at radius 3 is 2.64 bits per heavy atom. The van der Waals surface area contributed by atoms with Crippen molar-refractivity contribution in [3.8, 4) is 0 Å². The summed E-state index contributed by atoms with van der Waals surface area (Å²) in [7, 11) is 0. The van der Waals surface area contributed by atoms with Crippen LogP contribution in [0.2, 0.25) is 0 Å². The lowest BCUT2D eigenvalue weighted by Crippen LogP contribution is -2.42. The van der Waals surface area contributed by atoms with E-state index in [1.807, 2.05) is 0 Å². The van der Waals surface area contributed by atoms with Gasteiger partial charge in [-0.25, -0.2) is 0 Å². The molecule has 2 rings (SSSR count). The molecule has 3 N–H and O–H groups in total. The SMILES string of the molecule is NC1CCN(CC(O)C2CCC2)C1=O. The third-order valence-electron chi connectivity index (χ3n) is 3.44. The quantitative estimate of drug-likeness (QED) is 0.654. The highest BCUT2D eigenvalue weighted by atomic mass is 16.3. The molecule has 0 aromatic rings. The van der Waals surface area contributed by atoms with Gasteiger partial charge in [-0.2, -0.15) is 0 Å². The lowest BCUT2D eigenvalue weighted by molar-refractivity contribution is -0.130. The number of nitrogens with two attached hydrogens (primary N) is 1. The van der Waals surface area contributed by atoms with E-state index in [2.05, 4.69) is 0 Å². The first-order chi connectivity index (χ1) is 6.68. The van der Waals surface area contributed by atoms with Gasteiger partial charge in [0.1, 0.15) is 0 Å². The number of aliphatic hydroxyl groups excluding tert-OH is 1. The van der Waals surface area contributed by atoms with Crippen molar-refractivity contribution in [2.75, 3.05) is 13.1 Å². The van der Waals surface area contributed by atoms with Crippen LogP contribution in [0.3, 0.4) is 0 Å². The molecule has 2 aliphatic rings. The van der Waals surface area contributed by atoms with Gasteiger partial charge in [0.15, 0.2) is 0 Å². The van der Waals surface area contributed by atoms with Crippen LogP contribution in [0.5, 0.6) is 0 Å². The predicted octanol–water partition coefficient (Wildman–Crippen LogP) is -0.293. The minimum Gasteiger partial charge on any atom is -0.391 e. The van der Waals surface area contributed by atoms with E-state index in [0.717, 1.165) is 19.3 Å². The van der Waals surface area contributed by atoms with Crippen LogP contribution in [0.4, 0.5) is 0 Å². The van der Waals surface area contributed by atoms with Gasteiger partial charge in [0.2, 0.25) is 5.91 Å². The number of carbonyl (C=O) groups excluding carboxylic acids is 1. The van der Waals surface area contributed by atoms with E-state index in [-0.39, 0.29) is 18.1 Å². The smallest absolute Gasteiger partial charge is 0.239 e. The van der Waals surface area contributed by atoms with Crippen molar-refractivity contribution in [3.05, 3.63) is 0 Å². The molecule has 4 heteroatoms. The van der Waals surface area contributed by atoms with Crippen LogP contribution in [0.1, 0.15) is 25.7 Å².